The highest BCUT2D eigenvalue weighted by molar-refractivity contribution is 6.34. The van der Waals surface area contributed by atoms with Crippen LogP contribution in [0.3, 0.4) is 0 Å². The SMILES string of the molecule is CCCCCC(CC)N1C(=O)c2ccc3c4c(ccc(c24)C1=O)C(=O)N(N1C(=O)C2C4CC(C5C(=O)N(C6CCCCC6C)C(=O)C45)C2C1=O)C3=O. The van der Waals surface area contributed by atoms with Gasteiger partial charge in [-0.15, -0.1) is 0 Å². The predicted octanol–water partition coefficient (Wildman–Crippen LogP) is 4.74. The van der Waals surface area contributed by atoms with E-state index in [1.165, 1.54) is 34.1 Å². The molecule has 12 nitrogen and oxygen atoms in total. The van der Waals surface area contributed by atoms with Crippen LogP contribution in [-0.4, -0.2) is 79.2 Å². The van der Waals surface area contributed by atoms with Crippen LogP contribution < -0.4 is 0 Å². The molecule has 2 saturated heterocycles. The van der Waals surface area contributed by atoms with Crippen LogP contribution in [0.25, 0.3) is 10.8 Å². The molecule has 7 aliphatic rings. The van der Waals surface area contributed by atoms with Crippen molar-refractivity contribution < 1.29 is 38.4 Å². The van der Waals surface area contributed by atoms with E-state index in [9.17, 15) is 38.4 Å². The molecule has 4 aliphatic heterocycles. The molecule has 2 bridgehead atoms. The highest BCUT2D eigenvalue weighted by atomic mass is 16.2. The van der Waals surface area contributed by atoms with Crippen molar-refractivity contribution in [2.24, 2.45) is 41.4 Å². The van der Waals surface area contributed by atoms with E-state index in [0.29, 0.717) is 29.3 Å². The molecule has 9 rings (SSSR count). The molecule has 2 aromatic carbocycles. The molecule has 9 atom stereocenters. The van der Waals surface area contributed by atoms with Gasteiger partial charge in [-0.25, -0.2) is 0 Å². The summed E-state index contributed by atoms with van der Waals surface area (Å²) in [5.74, 6) is -8.83. The smallest absolute Gasteiger partial charge is 0.279 e. The predicted molar refractivity (Wildman–Crippen MR) is 184 cm³/mol. The van der Waals surface area contributed by atoms with Gasteiger partial charge in [0.2, 0.25) is 11.8 Å². The number of rotatable bonds is 8. The van der Waals surface area contributed by atoms with Gasteiger partial charge in [-0.2, -0.15) is 10.0 Å². The molecule has 9 unspecified atom stereocenters. The molecule has 12 heteroatoms. The fourth-order valence-corrected chi connectivity index (χ4v) is 11.3. The van der Waals surface area contributed by atoms with Crippen molar-refractivity contribution in [3.63, 3.8) is 0 Å². The zero-order valence-corrected chi connectivity index (χ0v) is 29.6. The maximum atomic E-state index is 14.3. The van der Waals surface area contributed by atoms with Crippen molar-refractivity contribution in [3.05, 3.63) is 46.5 Å². The minimum atomic E-state index is -0.915. The molecule has 3 saturated carbocycles. The molecule has 2 aromatic rings. The Balaban J connectivity index is 1.03. The summed E-state index contributed by atoms with van der Waals surface area (Å²) < 4.78 is 0. The molecule has 4 heterocycles. The molecule has 270 valence electrons. The van der Waals surface area contributed by atoms with E-state index in [-0.39, 0.29) is 62.8 Å². The first-order valence-corrected chi connectivity index (χ1v) is 19.1. The van der Waals surface area contributed by atoms with Gasteiger partial charge >= 0.3 is 0 Å². The van der Waals surface area contributed by atoms with Crippen LogP contribution >= 0.6 is 0 Å². The number of amides is 8. The number of hydrogen-bond donors (Lipinski definition) is 0. The number of benzene rings is 2. The lowest BCUT2D eigenvalue weighted by molar-refractivity contribution is -0.152. The lowest BCUT2D eigenvalue weighted by Gasteiger charge is -2.37. The van der Waals surface area contributed by atoms with Gasteiger partial charge in [0.15, 0.2) is 0 Å². The molecule has 0 spiro atoms. The summed E-state index contributed by atoms with van der Waals surface area (Å²) in [5, 5.41) is 1.63. The highest BCUT2D eigenvalue weighted by Gasteiger charge is 2.74. The number of hydrazine groups is 1. The van der Waals surface area contributed by atoms with Gasteiger partial charge in [-0.05, 0) is 74.1 Å². The first kappa shape index (κ1) is 33.1. The number of carbonyl (C=O) groups is 8. The van der Waals surface area contributed by atoms with Crippen LogP contribution in [0, 0.1) is 41.4 Å². The molecular formula is C40H42N4O8. The third-order valence-corrected chi connectivity index (χ3v) is 13.7. The quantitative estimate of drug-likeness (QED) is 0.283. The normalized spacial score (nSPS) is 32.6. The second kappa shape index (κ2) is 11.6. The van der Waals surface area contributed by atoms with Crippen LogP contribution in [0.2, 0.25) is 0 Å². The molecule has 3 aliphatic carbocycles. The van der Waals surface area contributed by atoms with Crippen LogP contribution in [0.5, 0.6) is 0 Å². The summed E-state index contributed by atoms with van der Waals surface area (Å²) >= 11 is 0. The van der Waals surface area contributed by atoms with Gasteiger partial charge in [0, 0.05) is 34.0 Å². The van der Waals surface area contributed by atoms with E-state index in [1.54, 1.807) is 0 Å². The van der Waals surface area contributed by atoms with E-state index in [0.717, 1.165) is 44.9 Å². The number of imide groups is 4. The van der Waals surface area contributed by atoms with Crippen molar-refractivity contribution in [1.82, 2.24) is 19.8 Å². The summed E-state index contributed by atoms with van der Waals surface area (Å²) in [6, 6.07) is 5.34. The molecule has 8 amide bonds. The topological polar surface area (TPSA) is 150 Å². The Labute approximate surface area is 300 Å². The maximum absolute atomic E-state index is 14.3. The summed E-state index contributed by atoms with van der Waals surface area (Å²) in [4.78, 5) is 115. The molecule has 5 fully saturated rings. The summed E-state index contributed by atoms with van der Waals surface area (Å²) in [7, 11) is 0. The van der Waals surface area contributed by atoms with Gasteiger partial charge in [0.25, 0.3) is 35.4 Å². The van der Waals surface area contributed by atoms with E-state index < -0.39 is 71.0 Å². The van der Waals surface area contributed by atoms with Gasteiger partial charge in [-0.1, -0.05) is 52.9 Å². The Hall–Kier alpha value is -4.74. The highest BCUT2D eigenvalue weighted by Crippen LogP contribution is 2.64. The summed E-state index contributed by atoms with van der Waals surface area (Å²) in [6.45, 7) is 6.09. The molecular weight excluding hydrogens is 664 g/mol. The largest absolute Gasteiger partial charge is 0.281 e. The molecule has 52 heavy (non-hydrogen) atoms. The van der Waals surface area contributed by atoms with Crippen molar-refractivity contribution in [3.8, 4) is 0 Å². The Morgan fingerprint density at radius 3 is 1.58 bits per heavy atom. The van der Waals surface area contributed by atoms with Crippen LogP contribution in [-0.2, 0) is 19.2 Å². The second-order valence-corrected chi connectivity index (χ2v) is 16.1. The Morgan fingerprint density at radius 1 is 0.615 bits per heavy atom. The Morgan fingerprint density at radius 2 is 1.10 bits per heavy atom. The van der Waals surface area contributed by atoms with Gasteiger partial charge in [0.1, 0.15) is 0 Å². The number of fused-ring (bicyclic) bond motifs is 8. The van der Waals surface area contributed by atoms with Crippen molar-refractivity contribution >= 4 is 58.0 Å². The number of nitrogens with zero attached hydrogens (tertiary/aromatic N) is 4. The van der Waals surface area contributed by atoms with Crippen LogP contribution in [0.4, 0.5) is 0 Å². The van der Waals surface area contributed by atoms with Crippen molar-refractivity contribution in [2.75, 3.05) is 0 Å². The average molecular weight is 707 g/mol. The van der Waals surface area contributed by atoms with Crippen LogP contribution in [0.1, 0.15) is 126 Å². The lowest BCUT2D eigenvalue weighted by atomic mass is 9.70. The zero-order chi connectivity index (χ0) is 36.5. The minimum Gasteiger partial charge on any atom is -0.279 e. The van der Waals surface area contributed by atoms with E-state index in [4.69, 9.17) is 0 Å². The zero-order valence-electron chi connectivity index (χ0n) is 29.6. The molecule has 0 aromatic heterocycles. The fourth-order valence-electron chi connectivity index (χ4n) is 11.3. The van der Waals surface area contributed by atoms with Crippen LogP contribution in [0.15, 0.2) is 24.3 Å². The van der Waals surface area contributed by atoms with Gasteiger partial charge in [0.05, 0.1) is 34.8 Å². The van der Waals surface area contributed by atoms with Gasteiger partial charge in [-0.3, -0.25) is 48.2 Å². The number of carbonyl (C=O) groups excluding carboxylic acids is 8. The first-order chi connectivity index (χ1) is 25.0. The van der Waals surface area contributed by atoms with Gasteiger partial charge < -0.3 is 0 Å². The second-order valence-electron chi connectivity index (χ2n) is 16.1. The van der Waals surface area contributed by atoms with E-state index in [1.807, 2.05) is 6.92 Å². The first-order valence-electron chi connectivity index (χ1n) is 19.1. The minimum absolute atomic E-state index is 0.000614. The van der Waals surface area contributed by atoms with Crippen molar-refractivity contribution in [2.45, 2.75) is 97.1 Å². The number of hydrogen-bond acceptors (Lipinski definition) is 8. The average Bonchev–Trinajstić information content (AvgIpc) is 3.85. The summed E-state index contributed by atoms with van der Waals surface area (Å²) in [6.07, 6.45) is 8.18. The number of likely N-dealkylation sites (tertiary alicyclic amines) is 1. The Kier molecular flexibility index (Phi) is 7.41. The number of unbranched alkanes of at least 4 members (excludes halogenated alkanes) is 2. The van der Waals surface area contributed by atoms with Crippen molar-refractivity contribution in [1.29, 1.82) is 0 Å². The third-order valence-electron chi connectivity index (χ3n) is 13.7. The monoisotopic (exact) mass is 706 g/mol. The Bertz CT molecular complexity index is 1940. The van der Waals surface area contributed by atoms with E-state index in [2.05, 4.69) is 13.8 Å². The molecule has 0 N–H and O–H groups in total. The fraction of sp³-hybridized carbons (Fsp3) is 0.550. The lowest BCUT2D eigenvalue weighted by Crippen LogP contribution is -2.55. The van der Waals surface area contributed by atoms with E-state index >= 15 is 0 Å². The maximum Gasteiger partial charge on any atom is 0.281 e. The third kappa shape index (κ3) is 4.09. The standard InChI is InChI=1S/C40H42N4O8/c1-4-6-7-11-19(5-2)41-33(45)20-13-15-22-28-23(16-14-21(27(20)28)34(41)46)36(48)43(35(22)47)44-39(51)31-24-17-25(32(31)40(44)52)30-29(24)37(49)42(38(30)50)26-12-9-8-10-18(26)3/h13-16,18-19,24-26,29-32H,4-12,17H2,1-3H3. The summed E-state index contributed by atoms with van der Waals surface area (Å²) in [5.41, 5.74) is 0.434. The molecule has 0 radical (unpaired) electrons.